The van der Waals surface area contributed by atoms with E-state index < -0.39 is 0 Å². The fraction of sp³-hybridized carbons (Fsp3) is 0.0545. The van der Waals surface area contributed by atoms with E-state index in [4.69, 9.17) is 4.42 Å². The second kappa shape index (κ2) is 12.0. The second-order valence-corrected chi connectivity index (χ2v) is 17.6. The molecule has 0 amide bonds. The lowest BCUT2D eigenvalue weighted by Crippen LogP contribution is -2.26. The molecule has 13 rings (SSSR count). The number of rotatable bonds is 4. The van der Waals surface area contributed by atoms with E-state index in [1.807, 2.05) is 11.3 Å². The van der Waals surface area contributed by atoms with Gasteiger partial charge in [0.2, 0.25) is 0 Å². The number of hydrogen-bond acceptors (Lipinski definition) is 3. The summed E-state index contributed by atoms with van der Waals surface area (Å²) < 4.78 is 11.7. The van der Waals surface area contributed by atoms with E-state index in [2.05, 4.69) is 205 Å². The molecule has 0 spiro atoms. The Labute approximate surface area is 344 Å². The molecular formula is C55H36N2OS. The predicted molar refractivity (Wildman–Crippen MR) is 251 cm³/mol. The number of nitrogens with zero attached hydrogens (tertiary/aromatic N) is 2. The molecule has 0 unspecified atom stereocenters. The van der Waals surface area contributed by atoms with Crippen molar-refractivity contribution in [3.8, 4) is 16.8 Å². The van der Waals surface area contributed by atoms with E-state index >= 15 is 0 Å². The van der Waals surface area contributed by atoms with Crippen LogP contribution in [-0.4, -0.2) is 4.57 Å². The number of aromatic nitrogens is 1. The molecule has 4 heterocycles. The molecule has 0 aliphatic carbocycles. The van der Waals surface area contributed by atoms with Gasteiger partial charge in [-0.15, -0.1) is 11.3 Å². The minimum Gasteiger partial charge on any atom is -0.455 e. The Kier molecular flexibility index (Phi) is 6.66. The average Bonchev–Trinajstić information content (AvgIpc) is 3.96. The highest BCUT2D eigenvalue weighted by molar-refractivity contribution is 7.26. The van der Waals surface area contributed by atoms with Crippen molar-refractivity contribution < 1.29 is 4.42 Å². The predicted octanol–water partition coefficient (Wildman–Crippen LogP) is 16.0. The lowest BCUT2D eigenvalue weighted by molar-refractivity contribution is 0.630. The minimum absolute atomic E-state index is 0.268. The van der Waals surface area contributed by atoms with Crippen molar-refractivity contribution in [2.75, 3.05) is 4.90 Å². The van der Waals surface area contributed by atoms with E-state index in [1.165, 1.54) is 91.8 Å². The number of fused-ring (bicyclic) bond motifs is 13. The van der Waals surface area contributed by atoms with E-state index in [9.17, 15) is 0 Å². The molecule has 12 aromatic rings. The molecule has 0 saturated carbocycles. The van der Waals surface area contributed by atoms with Crippen LogP contribution in [0.5, 0.6) is 0 Å². The van der Waals surface area contributed by atoms with Gasteiger partial charge in [0.05, 0.1) is 32.5 Å². The maximum atomic E-state index is 6.66. The van der Waals surface area contributed by atoms with Crippen LogP contribution >= 0.6 is 11.3 Å². The van der Waals surface area contributed by atoms with Crippen LogP contribution in [0.25, 0.3) is 91.5 Å². The number of para-hydroxylation sites is 2. The summed E-state index contributed by atoms with van der Waals surface area (Å²) >= 11 is 1.87. The zero-order valence-corrected chi connectivity index (χ0v) is 33.3. The van der Waals surface area contributed by atoms with Crippen LogP contribution in [0.4, 0.5) is 17.1 Å². The maximum absolute atomic E-state index is 6.66. The highest BCUT2D eigenvalue weighted by Gasteiger charge is 2.37. The summed E-state index contributed by atoms with van der Waals surface area (Å²) in [6, 6.07) is 66.8. The van der Waals surface area contributed by atoms with Crippen molar-refractivity contribution in [3.63, 3.8) is 0 Å². The Bertz CT molecular complexity index is 3710. The first-order valence-electron chi connectivity index (χ1n) is 20.3. The summed E-state index contributed by atoms with van der Waals surface area (Å²) in [4.78, 5) is 2.43. The fourth-order valence-corrected chi connectivity index (χ4v) is 11.3. The van der Waals surface area contributed by atoms with Crippen molar-refractivity contribution in [2.24, 2.45) is 0 Å². The van der Waals surface area contributed by atoms with Crippen molar-refractivity contribution in [3.05, 3.63) is 193 Å². The van der Waals surface area contributed by atoms with Crippen LogP contribution in [0.1, 0.15) is 25.0 Å². The van der Waals surface area contributed by atoms with Crippen LogP contribution in [0.2, 0.25) is 0 Å². The molecule has 59 heavy (non-hydrogen) atoms. The van der Waals surface area contributed by atoms with E-state index in [1.54, 1.807) is 0 Å². The normalized spacial score (nSPS) is 13.4. The number of anilines is 3. The molecule has 3 aromatic heterocycles. The third kappa shape index (κ3) is 4.58. The molecule has 3 nitrogen and oxygen atoms in total. The standard InChI is InChI=1S/C55H36N2OS/c1-55(2)44-31-36(25-29-47(44)57-46-18-8-5-16-42(46)51-52(57)45(55)32-43-39-14-6-9-20-49(39)58-53(43)51)34-22-26-37(27-23-34)56(38-28-24-33-12-3-4-13-35(33)30-38)48-19-11-17-41-40-15-7-10-21-50(40)59-54(41)48/h3-32H,1-2H3. The van der Waals surface area contributed by atoms with Gasteiger partial charge in [0.1, 0.15) is 11.2 Å². The summed E-state index contributed by atoms with van der Waals surface area (Å²) in [5.74, 6) is 0. The highest BCUT2D eigenvalue weighted by atomic mass is 32.1. The van der Waals surface area contributed by atoms with E-state index in [-0.39, 0.29) is 5.41 Å². The topological polar surface area (TPSA) is 21.3 Å². The summed E-state index contributed by atoms with van der Waals surface area (Å²) in [6.45, 7) is 4.78. The average molecular weight is 773 g/mol. The van der Waals surface area contributed by atoms with Gasteiger partial charge in [0.15, 0.2) is 0 Å². The van der Waals surface area contributed by atoms with Crippen LogP contribution in [0.15, 0.2) is 186 Å². The first kappa shape index (κ1) is 32.9. The summed E-state index contributed by atoms with van der Waals surface area (Å²) in [5.41, 5.74) is 13.8. The first-order chi connectivity index (χ1) is 29.0. The van der Waals surface area contributed by atoms with E-state index in [0.717, 1.165) is 27.9 Å². The lowest BCUT2D eigenvalue weighted by Gasteiger charge is -2.35. The van der Waals surface area contributed by atoms with Gasteiger partial charge < -0.3 is 13.9 Å². The van der Waals surface area contributed by atoms with Crippen molar-refractivity contribution >= 4 is 103 Å². The Hall–Kier alpha value is -7.14. The van der Waals surface area contributed by atoms with Crippen molar-refractivity contribution in [1.82, 2.24) is 4.57 Å². The Morgan fingerprint density at radius 3 is 2.12 bits per heavy atom. The molecule has 0 N–H and O–H groups in total. The molecule has 4 heteroatoms. The van der Waals surface area contributed by atoms with Crippen LogP contribution in [0.3, 0.4) is 0 Å². The molecule has 278 valence electrons. The van der Waals surface area contributed by atoms with Gasteiger partial charge in [-0.25, -0.2) is 0 Å². The van der Waals surface area contributed by atoms with Gasteiger partial charge in [0, 0.05) is 48.4 Å². The van der Waals surface area contributed by atoms with E-state index in [0.29, 0.717) is 0 Å². The van der Waals surface area contributed by atoms with Gasteiger partial charge in [-0.3, -0.25) is 0 Å². The smallest absolute Gasteiger partial charge is 0.145 e. The zero-order chi connectivity index (χ0) is 39.0. The monoisotopic (exact) mass is 772 g/mol. The van der Waals surface area contributed by atoms with Crippen LogP contribution in [-0.2, 0) is 5.41 Å². The lowest BCUT2D eigenvalue weighted by atomic mass is 9.73. The molecule has 0 radical (unpaired) electrons. The maximum Gasteiger partial charge on any atom is 0.145 e. The van der Waals surface area contributed by atoms with Gasteiger partial charge in [-0.1, -0.05) is 129 Å². The molecule has 0 saturated heterocycles. The Morgan fingerprint density at radius 1 is 0.525 bits per heavy atom. The number of furan rings is 1. The number of benzene rings is 9. The van der Waals surface area contributed by atoms with Gasteiger partial charge in [0.25, 0.3) is 0 Å². The zero-order valence-electron chi connectivity index (χ0n) is 32.5. The van der Waals surface area contributed by atoms with Gasteiger partial charge in [-0.2, -0.15) is 0 Å². The summed E-state index contributed by atoms with van der Waals surface area (Å²) in [6.07, 6.45) is 0. The summed E-state index contributed by atoms with van der Waals surface area (Å²) in [7, 11) is 0. The van der Waals surface area contributed by atoms with Crippen molar-refractivity contribution in [2.45, 2.75) is 19.3 Å². The quantitative estimate of drug-likeness (QED) is 0.178. The van der Waals surface area contributed by atoms with Gasteiger partial charge in [-0.05, 0) is 99.8 Å². The second-order valence-electron chi connectivity index (χ2n) is 16.5. The molecule has 1 aliphatic rings. The van der Waals surface area contributed by atoms with Crippen LogP contribution < -0.4 is 4.90 Å². The molecule has 9 aromatic carbocycles. The third-order valence-electron chi connectivity index (χ3n) is 12.9. The minimum atomic E-state index is -0.268. The Morgan fingerprint density at radius 2 is 1.24 bits per heavy atom. The number of hydrogen-bond donors (Lipinski definition) is 0. The van der Waals surface area contributed by atoms with Crippen LogP contribution in [0, 0.1) is 0 Å². The number of thiophene rings is 1. The molecule has 0 atom stereocenters. The van der Waals surface area contributed by atoms with Gasteiger partial charge >= 0.3 is 0 Å². The molecule has 0 bridgehead atoms. The highest BCUT2D eigenvalue weighted by Crippen LogP contribution is 2.52. The molecule has 0 fully saturated rings. The third-order valence-corrected chi connectivity index (χ3v) is 14.1. The molecule has 1 aliphatic heterocycles. The SMILES string of the molecule is CC1(C)c2cc(-c3ccc(N(c4ccc5ccccc5c4)c4cccc5c4sc4ccccc45)cc3)ccc2-n2c3ccccc3c3c4oc5ccccc5c4cc1c32. The Balaban J connectivity index is 0.975. The first-order valence-corrected chi connectivity index (χ1v) is 21.2. The molecular weight excluding hydrogens is 737 g/mol. The summed E-state index contributed by atoms with van der Waals surface area (Å²) in [5, 5.41) is 9.81. The van der Waals surface area contributed by atoms with Crippen molar-refractivity contribution in [1.29, 1.82) is 0 Å². The largest absolute Gasteiger partial charge is 0.455 e. The fourth-order valence-electron chi connectivity index (χ4n) is 10.1.